The summed E-state index contributed by atoms with van der Waals surface area (Å²) in [4.78, 5) is 0. The summed E-state index contributed by atoms with van der Waals surface area (Å²) in [6.07, 6.45) is 10.3. The van der Waals surface area contributed by atoms with Crippen LogP contribution in [0.15, 0.2) is 0 Å². The fourth-order valence-electron chi connectivity index (χ4n) is 1.46. The fourth-order valence-corrected chi connectivity index (χ4v) is 1.46. The first-order valence-corrected chi connectivity index (χ1v) is 7.13. The van der Waals surface area contributed by atoms with Gasteiger partial charge in [-0.1, -0.05) is 66.2 Å². The van der Waals surface area contributed by atoms with E-state index < -0.39 is 0 Å². The van der Waals surface area contributed by atoms with Crippen LogP contribution in [0.25, 0.3) is 0 Å². The second-order valence-electron chi connectivity index (χ2n) is 5.49. The third kappa shape index (κ3) is 31.5. The Balaban J connectivity index is -0.000000218. The summed E-state index contributed by atoms with van der Waals surface area (Å²) in [6, 6.07) is 0. The maximum Gasteiger partial charge on any atom is 2.00 e. The predicted octanol–water partition coefficient (Wildman–Crippen LogP) is 5.69. The van der Waals surface area contributed by atoms with Gasteiger partial charge in [-0.25, -0.2) is 0 Å². The maximum atomic E-state index is 3.78. The number of hydrogen-bond donors (Lipinski definition) is 0. The van der Waals surface area contributed by atoms with Gasteiger partial charge in [-0.05, 0) is 11.8 Å². The summed E-state index contributed by atoms with van der Waals surface area (Å²) in [7, 11) is 0. The first-order chi connectivity index (χ1) is 7.54. The van der Waals surface area contributed by atoms with Gasteiger partial charge in [0.15, 0.2) is 0 Å². The van der Waals surface area contributed by atoms with Gasteiger partial charge >= 0.3 is 23.1 Å². The zero-order valence-electron chi connectivity index (χ0n) is 12.9. The molecule has 0 heterocycles. The monoisotopic (exact) mass is 250 g/mol. The van der Waals surface area contributed by atoms with Crippen molar-refractivity contribution in [3.8, 4) is 0 Å². The smallest absolute Gasteiger partial charge is 0.343 e. The number of hydrogen-bond acceptors (Lipinski definition) is 0. The molecule has 100 valence electrons. The van der Waals surface area contributed by atoms with Gasteiger partial charge in [-0.2, -0.15) is 12.8 Å². The normalized spacial score (nSPS) is 9.88. The average Bonchev–Trinajstić information content (AvgIpc) is 2.18. The van der Waals surface area contributed by atoms with Gasteiger partial charge in [0.1, 0.15) is 0 Å². The predicted molar refractivity (Wildman–Crippen MR) is 83.1 cm³/mol. The Morgan fingerprint density at radius 1 is 0.647 bits per heavy atom. The van der Waals surface area contributed by atoms with E-state index in [-0.39, 0.29) is 23.1 Å². The van der Waals surface area contributed by atoms with Gasteiger partial charge in [0.25, 0.3) is 0 Å². The summed E-state index contributed by atoms with van der Waals surface area (Å²) in [5, 5.41) is 0. The topological polar surface area (TPSA) is 0 Å². The molecule has 0 N–H and O–H groups in total. The van der Waals surface area contributed by atoms with Crippen LogP contribution in [-0.2, 0) is 0 Å². The molecule has 0 saturated heterocycles. The Morgan fingerprint density at radius 3 is 1.12 bits per heavy atom. The van der Waals surface area contributed by atoms with Crippen LogP contribution in [0.3, 0.4) is 0 Å². The maximum absolute atomic E-state index is 3.78. The van der Waals surface area contributed by atoms with E-state index in [0.29, 0.717) is 0 Å². The van der Waals surface area contributed by atoms with Crippen LogP contribution in [-0.4, -0.2) is 23.1 Å². The first-order valence-electron chi connectivity index (χ1n) is 7.13. The van der Waals surface area contributed by atoms with Crippen molar-refractivity contribution in [1.82, 2.24) is 0 Å². The molecule has 0 unspecified atom stereocenters. The number of unbranched alkanes of at least 4 members (excludes halogenated alkanes) is 4. The van der Waals surface area contributed by atoms with E-state index in [4.69, 9.17) is 0 Å². The summed E-state index contributed by atoms with van der Waals surface area (Å²) in [5.74, 6) is 1.75. The zero-order valence-corrected chi connectivity index (χ0v) is 14.3. The Kier molecular flexibility index (Phi) is 25.8. The van der Waals surface area contributed by atoms with Gasteiger partial charge in [-0.3, -0.25) is 0 Å². The minimum Gasteiger partial charge on any atom is -0.343 e. The van der Waals surface area contributed by atoms with Crippen LogP contribution in [0, 0.1) is 25.7 Å². The van der Waals surface area contributed by atoms with Crippen molar-refractivity contribution in [3.05, 3.63) is 13.8 Å². The van der Waals surface area contributed by atoms with Crippen molar-refractivity contribution >= 4 is 23.1 Å². The quantitative estimate of drug-likeness (QED) is 0.295. The third-order valence-electron chi connectivity index (χ3n) is 2.56. The van der Waals surface area contributed by atoms with Crippen LogP contribution in [0.4, 0.5) is 0 Å². The molecule has 0 amide bonds. The summed E-state index contributed by atoms with van der Waals surface area (Å²) < 4.78 is 0. The van der Waals surface area contributed by atoms with E-state index in [2.05, 4.69) is 41.5 Å². The molecule has 0 aliphatic heterocycles. The third-order valence-corrected chi connectivity index (χ3v) is 2.56. The molecule has 0 radical (unpaired) electrons. The van der Waals surface area contributed by atoms with Crippen LogP contribution < -0.4 is 0 Å². The van der Waals surface area contributed by atoms with Gasteiger partial charge in [0.05, 0.1) is 0 Å². The van der Waals surface area contributed by atoms with E-state index in [0.717, 1.165) is 24.7 Å². The van der Waals surface area contributed by atoms with E-state index in [1.165, 1.54) is 38.5 Å². The minimum atomic E-state index is 0. The molecular formula is C16H34Mg. The molecule has 1 heteroatoms. The molecule has 0 nitrogen and oxygen atoms in total. The van der Waals surface area contributed by atoms with Gasteiger partial charge in [0.2, 0.25) is 0 Å². The molecule has 0 atom stereocenters. The largest absolute Gasteiger partial charge is 2.00 e. The molecule has 0 fully saturated rings. The Labute approximate surface area is 127 Å². The molecule has 0 bridgehead atoms. The van der Waals surface area contributed by atoms with E-state index in [9.17, 15) is 0 Å². The van der Waals surface area contributed by atoms with Crippen LogP contribution >= 0.6 is 0 Å². The Bertz CT molecular complexity index is 94.1. The van der Waals surface area contributed by atoms with Crippen molar-refractivity contribution in [1.29, 1.82) is 0 Å². The van der Waals surface area contributed by atoms with Crippen molar-refractivity contribution in [3.63, 3.8) is 0 Å². The standard InChI is InChI=1S/2C8H17.Mg/c2*1-4-5-6-7-8(2)3;/h2*8H,1,4-7H2,2-3H3;/q2*-1;+2. The average molecular weight is 251 g/mol. The molecule has 0 spiro atoms. The van der Waals surface area contributed by atoms with E-state index in [1.807, 2.05) is 0 Å². The molecule has 0 aromatic heterocycles. The molecule has 0 saturated carbocycles. The van der Waals surface area contributed by atoms with Crippen LogP contribution in [0.2, 0.25) is 0 Å². The molecule has 0 aromatic rings. The summed E-state index contributed by atoms with van der Waals surface area (Å²) in [6.45, 7) is 16.6. The van der Waals surface area contributed by atoms with Gasteiger partial charge in [-0.15, -0.1) is 0 Å². The van der Waals surface area contributed by atoms with Gasteiger partial charge in [0, 0.05) is 0 Å². The Morgan fingerprint density at radius 2 is 0.941 bits per heavy atom. The second-order valence-corrected chi connectivity index (χ2v) is 5.49. The van der Waals surface area contributed by atoms with Crippen molar-refractivity contribution < 1.29 is 0 Å². The van der Waals surface area contributed by atoms with Crippen LogP contribution in [0.5, 0.6) is 0 Å². The summed E-state index contributed by atoms with van der Waals surface area (Å²) in [5.41, 5.74) is 0. The van der Waals surface area contributed by atoms with E-state index >= 15 is 0 Å². The molecular weight excluding hydrogens is 216 g/mol. The Hall–Kier alpha value is 0.766. The van der Waals surface area contributed by atoms with E-state index in [1.54, 1.807) is 0 Å². The summed E-state index contributed by atoms with van der Waals surface area (Å²) >= 11 is 0. The SMILES string of the molecule is [CH2-]CCCCC(C)C.[CH2-]CCCCC(C)C.[Mg+2]. The molecule has 0 aliphatic carbocycles. The van der Waals surface area contributed by atoms with Crippen LogP contribution in [0.1, 0.15) is 79.1 Å². The van der Waals surface area contributed by atoms with Crippen molar-refractivity contribution in [2.24, 2.45) is 11.8 Å². The second kappa shape index (κ2) is 19.1. The molecule has 17 heavy (non-hydrogen) atoms. The molecule has 0 aliphatic rings. The molecule has 0 aromatic carbocycles. The number of rotatable bonds is 8. The fraction of sp³-hybridized carbons (Fsp3) is 0.875. The zero-order chi connectivity index (χ0) is 12.8. The van der Waals surface area contributed by atoms with Crippen molar-refractivity contribution in [2.75, 3.05) is 0 Å². The minimum absolute atomic E-state index is 0. The first kappa shape index (κ1) is 22.9. The van der Waals surface area contributed by atoms with Gasteiger partial charge < -0.3 is 13.8 Å². The molecule has 0 rings (SSSR count). The van der Waals surface area contributed by atoms with Crippen molar-refractivity contribution in [2.45, 2.75) is 79.1 Å².